The van der Waals surface area contributed by atoms with Crippen molar-refractivity contribution in [1.29, 1.82) is 0 Å². The fraction of sp³-hybridized carbons (Fsp3) is 0. The zero-order valence-corrected chi connectivity index (χ0v) is 7.28. The number of hydrogen-bond acceptors (Lipinski definition) is 4. The van der Waals surface area contributed by atoms with E-state index in [4.69, 9.17) is 5.11 Å². The molecule has 1 aromatic heterocycles. The lowest BCUT2D eigenvalue weighted by Gasteiger charge is -1.93. The van der Waals surface area contributed by atoms with E-state index in [1.54, 1.807) is 30.5 Å². The highest BCUT2D eigenvalue weighted by Gasteiger charge is 1.89. The van der Waals surface area contributed by atoms with E-state index in [9.17, 15) is 0 Å². The lowest BCUT2D eigenvalue weighted by molar-refractivity contribution is 0.475. The van der Waals surface area contributed by atoms with Crippen LogP contribution in [-0.2, 0) is 0 Å². The molecule has 0 atom stereocenters. The van der Waals surface area contributed by atoms with Crippen molar-refractivity contribution in [2.45, 2.75) is 0 Å². The Kier molecular flexibility index (Phi) is 2.22. The van der Waals surface area contributed by atoms with Gasteiger partial charge in [0.2, 0.25) is 0 Å². The summed E-state index contributed by atoms with van der Waals surface area (Å²) in [6, 6.07) is 6.74. The predicted molar refractivity (Wildman–Crippen MR) is 51.1 cm³/mol. The van der Waals surface area contributed by atoms with Crippen molar-refractivity contribution in [3.63, 3.8) is 0 Å². The van der Waals surface area contributed by atoms with Gasteiger partial charge in [-0.3, -0.25) is 0 Å². The number of benzene rings is 1. The molecule has 0 radical (unpaired) electrons. The second-order valence-corrected chi connectivity index (χ2v) is 2.68. The number of phenolic OH excluding ortho intramolecular Hbond substituents is 1. The Labute approximate surface area is 80.3 Å². The number of nitrogens with zero attached hydrogens (tertiary/aromatic N) is 4. The average Bonchev–Trinajstić information content (AvgIpc) is 2.70. The minimum atomic E-state index is 0.242. The first-order valence-corrected chi connectivity index (χ1v) is 4.02. The zero-order chi connectivity index (χ0) is 9.80. The highest BCUT2D eigenvalue weighted by Crippen LogP contribution is 2.07. The van der Waals surface area contributed by atoms with Crippen LogP contribution in [0.3, 0.4) is 0 Å². The number of aromatic hydroxyl groups is 1. The summed E-state index contributed by atoms with van der Waals surface area (Å²) < 4.78 is 1.49. The molecule has 0 spiro atoms. The Balaban J connectivity index is 2.15. The Morgan fingerprint density at radius 1 is 1.14 bits per heavy atom. The van der Waals surface area contributed by atoms with Crippen LogP contribution >= 0.6 is 0 Å². The Morgan fingerprint density at radius 3 is 2.43 bits per heavy atom. The molecule has 1 N–H and O–H groups in total. The molecule has 14 heavy (non-hydrogen) atoms. The first kappa shape index (κ1) is 8.43. The van der Waals surface area contributed by atoms with Crippen LogP contribution in [0, 0.1) is 0 Å². The van der Waals surface area contributed by atoms with Gasteiger partial charge in [-0.05, 0) is 29.8 Å². The van der Waals surface area contributed by atoms with Crippen molar-refractivity contribution in [2.24, 2.45) is 5.10 Å². The van der Waals surface area contributed by atoms with Crippen molar-refractivity contribution in [3.05, 3.63) is 42.5 Å². The maximum absolute atomic E-state index is 9.04. The van der Waals surface area contributed by atoms with Gasteiger partial charge in [0.05, 0.1) is 6.21 Å². The molecule has 2 rings (SSSR count). The lowest BCUT2D eigenvalue weighted by Crippen LogP contribution is -1.86. The summed E-state index contributed by atoms with van der Waals surface area (Å²) in [7, 11) is 0. The van der Waals surface area contributed by atoms with Gasteiger partial charge in [-0.15, -0.1) is 10.2 Å². The van der Waals surface area contributed by atoms with Crippen molar-refractivity contribution in [2.75, 3.05) is 0 Å². The topological polar surface area (TPSA) is 63.3 Å². The molecule has 0 aliphatic rings. The third-order valence-corrected chi connectivity index (χ3v) is 1.64. The van der Waals surface area contributed by atoms with Crippen LogP contribution in [0.5, 0.6) is 5.75 Å². The summed E-state index contributed by atoms with van der Waals surface area (Å²) in [5, 5.41) is 20.3. The highest BCUT2D eigenvalue weighted by atomic mass is 16.3. The fourth-order valence-electron chi connectivity index (χ4n) is 0.949. The quantitative estimate of drug-likeness (QED) is 0.711. The van der Waals surface area contributed by atoms with Crippen LogP contribution in [0.1, 0.15) is 5.56 Å². The van der Waals surface area contributed by atoms with E-state index < -0.39 is 0 Å². The van der Waals surface area contributed by atoms with E-state index >= 15 is 0 Å². The number of rotatable bonds is 2. The van der Waals surface area contributed by atoms with Gasteiger partial charge in [-0.2, -0.15) is 5.10 Å². The summed E-state index contributed by atoms with van der Waals surface area (Å²) in [5.74, 6) is 0.242. The van der Waals surface area contributed by atoms with Gasteiger partial charge in [-0.25, -0.2) is 4.68 Å². The molecule has 0 fully saturated rings. The minimum absolute atomic E-state index is 0.242. The van der Waals surface area contributed by atoms with Crippen LogP contribution < -0.4 is 0 Å². The Bertz CT molecular complexity index is 419. The molecule has 0 saturated heterocycles. The molecule has 5 nitrogen and oxygen atoms in total. The summed E-state index contributed by atoms with van der Waals surface area (Å²) in [5.41, 5.74) is 0.900. The zero-order valence-electron chi connectivity index (χ0n) is 7.28. The Hall–Kier alpha value is -2.17. The van der Waals surface area contributed by atoms with E-state index in [2.05, 4.69) is 15.3 Å². The SMILES string of the molecule is Oc1ccc(/C=N/n2cnnc2)cc1. The molecule has 0 unspecified atom stereocenters. The van der Waals surface area contributed by atoms with Crippen LogP contribution in [0.25, 0.3) is 0 Å². The molecule has 0 amide bonds. The molecule has 70 valence electrons. The van der Waals surface area contributed by atoms with E-state index in [1.165, 1.54) is 17.3 Å². The molecule has 1 heterocycles. The second kappa shape index (κ2) is 3.69. The van der Waals surface area contributed by atoms with Crippen LogP contribution in [0.15, 0.2) is 42.0 Å². The Morgan fingerprint density at radius 2 is 1.79 bits per heavy atom. The van der Waals surface area contributed by atoms with Gasteiger partial charge in [0.15, 0.2) is 0 Å². The molecule has 0 aliphatic heterocycles. The summed E-state index contributed by atoms with van der Waals surface area (Å²) in [4.78, 5) is 0. The lowest BCUT2D eigenvalue weighted by atomic mass is 10.2. The molecule has 0 saturated carbocycles. The maximum Gasteiger partial charge on any atom is 0.141 e. The van der Waals surface area contributed by atoms with Crippen molar-refractivity contribution >= 4 is 6.21 Å². The number of phenols is 1. The fourth-order valence-corrected chi connectivity index (χ4v) is 0.949. The van der Waals surface area contributed by atoms with E-state index in [-0.39, 0.29) is 5.75 Å². The van der Waals surface area contributed by atoms with Crippen LogP contribution in [0.4, 0.5) is 0 Å². The van der Waals surface area contributed by atoms with Gasteiger partial charge in [0, 0.05) is 0 Å². The van der Waals surface area contributed by atoms with Gasteiger partial charge in [0.25, 0.3) is 0 Å². The molecular formula is C9H8N4O. The summed E-state index contributed by atoms with van der Waals surface area (Å²) in [6.07, 6.45) is 4.65. The van der Waals surface area contributed by atoms with Gasteiger partial charge in [-0.1, -0.05) is 0 Å². The summed E-state index contributed by atoms with van der Waals surface area (Å²) >= 11 is 0. The second-order valence-electron chi connectivity index (χ2n) is 2.68. The number of hydrogen-bond donors (Lipinski definition) is 1. The largest absolute Gasteiger partial charge is 0.508 e. The molecule has 0 aliphatic carbocycles. The monoisotopic (exact) mass is 188 g/mol. The first-order chi connectivity index (χ1) is 6.84. The molecule has 5 heteroatoms. The third-order valence-electron chi connectivity index (χ3n) is 1.64. The minimum Gasteiger partial charge on any atom is -0.508 e. The molecule has 0 bridgehead atoms. The standard InChI is InChI=1S/C9H8N4O/c14-9-3-1-8(2-4-9)5-12-13-6-10-11-7-13/h1-7,14H/b12-5+. The number of aromatic nitrogens is 3. The highest BCUT2D eigenvalue weighted by molar-refractivity contribution is 5.79. The van der Waals surface area contributed by atoms with E-state index in [0.29, 0.717) is 0 Å². The van der Waals surface area contributed by atoms with Crippen LogP contribution in [-0.4, -0.2) is 26.2 Å². The van der Waals surface area contributed by atoms with Gasteiger partial charge >= 0.3 is 0 Å². The average molecular weight is 188 g/mol. The smallest absolute Gasteiger partial charge is 0.141 e. The van der Waals surface area contributed by atoms with Gasteiger partial charge in [0.1, 0.15) is 18.4 Å². The first-order valence-electron chi connectivity index (χ1n) is 4.02. The molecule has 1 aromatic carbocycles. The normalized spacial score (nSPS) is 10.9. The van der Waals surface area contributed by atoms with E-state index in [0.717, 1.165) is 5.56 Å². The summed E-state index contributed by atoms with van der Waals surface area (Å²) in [6.45, 7) is 0. The maximum atomic E-state index is 9.04. The van der Waals surface area contributed by atoms with Crippen LogP contribution in [0.2, 0.25) is 0 Å². The van der Waals surface area contributed by atoms with Crippen molar-refractivity contribution < 1.29 is 5.11 Å². The molecular weight excluding hydrogens is 180 g/mol. The molecule has 2 aromatic rings. The van der Waals surface area contributed by atoms with Gasteiger partial charge < -0.3 is 5.11 Å². The van der Waals surface area contributed by atoms with Crippen molar-refractivity contribution in [1.82, 2.24) is 14.9 Å². The van der Waals surface area contributed by atoms with E-state index in [1.807, 2.05) is 0 Å². The van der Waals surface area contributed by atoms with Crippen molar-refractivity contribution in [3.8, 4) is 5.75 Å². The third kappa shape index (κ3) is 1.95. The predicted octanol–water partition coefficient (Wildman–Crippen LogP) is 0.866.